The number of nitrogens with zero attached hydrogens (tertiary/aromatic N) is 3. The fourth-order valence-electron chi connectivity index (χ4n) is 2.94. The van der Waals surface area contributed by atoms with Crippen molar-refractivity contribution in [3.8, 4) is 0 Å². The Morgan fingerprint density at radius 1 is 1.21 bits per heavy atom. The number of amides is 3. The summed E-state index contributed by atoms with van der Waals surface area (Å²) in [5, 5.41) is 0.939. The van der Waals surface area contributed by atoms with E-state index in [0.29, 0.717) is 5.57 Å². The molecule has 0 radical (unpaired) electrons. The first-order valence-electron chi connectivity index (χ1n) is 7.93. The van der Waals surface area contributed by atoms with Crippen LogP contribution in [-0.4, -0.2) is 28.9 Å². The van der Waals surface area contributed by atoms with Gasteiger partial charge >= 0.3 is 6.03 Å². The van der Waals surface area contributed by atoms with E-state index in [1.54, 1.807) is 25.1 Å². The van der Waals surface area contributed by atoms with Crippen molar-refractivity contribution in [1.29, 1.82) is 0 Å². The van der Waals surface area contributed by atoms with Gasteiger partial charge in [-0.2, -0.15) is 0 Å². The Kier molecular flexibility index (Phi) is 3.87. The van der Waals surface area contributed by atoms with Crippen LogP contribution in [0.25, 0.3) is 10.9 Å². The summed E-state index contributed by atoms with van der Waals surface area (Å²) in [5.41, 5.74) is 5.19. The summed E-state index contributed by atoms with van der Waals surface area (Å²) in [6, 6.07) is 5.68. The summed E-state index contributed by atoms with van der Waals surface area (Å²) >= 11 is 0. The third-order valence-electron chi connectivity index (χ3n) is 4.57. The molecule has 0 bridgehead atoms. The molecule has 1 aromatic carbocycles. The number of aromatic nitrogens is 1. The zero-order valence-electron chi connectivity index (χ0n) is 14.7. The molecule has 3 rings (SSSR count). The first kappa shape index (κ1) is 16.2. The second kappa shape index (κ2) is 5.74. The van der Waals surface area contributed by atoms with E-state index in [1.165, 1.54) is 4.90 Å². The minimum Gasteiger partial charge on any atom is -0.296 e. The number of pyridine rings is 1. The van der Waals surface area contributed by atoms with E-state index in [0.717, 1.165) is 33.3 Å². The van der Waals surface area contributed by atoms with E-state index in [2.05, 4.69) is 4.98 Å². The van der Waals surface area contributed by atoms with Gasteiger partial charge in [0, 0.05) is 29.8 Å². The fourth-order valence-corrected chi connectivity index (χ4v) is 2.94. The minimum absolute atomic E-state index is 0.248. The van der Waals surface area contributed by atoms with Gasteiger partial charge in [-0.05, 0) is 39.8 Å². The highest BCUT2D eigenvalue weighted by Gasteiger charge is 2.34. The lowest BCUT2D eigenvalue weighted by atomic mass is 10.0. The van der Waals surface area contributed by atoms with Crippen LogP contribution >= 0.6 is 0 Å². The Morgan fingerprint density at radius 3 is 2.58 bits per heavy atom. The average molecular weight is 323 g/mol. The number of hydrogen-bond acceptors (Lipinski definition) is 3. The largest absolute Gasteiger partial charge is 0.331 e. The van der Waals surface area contributed by atoms with Crippen molar-refractivity contribution in [2.24, 2.45) is 0 Å². The Labute approximate surface area is 141 Å². The number of imide groups is 1. The van der Waals surface area contributed by atoms with E-state index in [9.17, 15) is 9.59 Å². The Bertz CT molecular complexity index is 895. The molecule has 1 aliphatic rings. The second-order valence-corrected chi connectivity index (χ2v) is 6.51. The zero-order chi connectivity index (χ0) is 17.6. The van der Waals surface area contributed by atoms with Gasteiger partial charge in [0.1, 0.15) is 0 Å². The van der Waals surface area contributed by atoms with E-state index in [-0.39, 0.29) is 18.5 Å². The molecule has 0 saturated heterocycles. The highest BCUT2D eigenvalue weighted by molar-refractivity contribution is 6.12. The smallest absolute Gasteiger partial charge is 0.296 e. The first-order valence-corrected chi connectivity index (χ1v) is 7.93. The number of benzene rings is 1. The Morgan fingerprint density at radius 2 is 1.92 bits per heavy atom. The number of carbonyl (C=O) groups excluding carboxylic acids is 2. The van der Waals surface area contributed by atoms with Crippen LogP contribution in [0.1, 0.15) is 31.9 Å². The molecule has 1 aliphatic heterocycles. The predicted octanol–water partition coefficient (Wildman–Crippen LogP) is 3.80. The van der Waals surface area contributed by atoms with Gasteiger partial charge in [0.25, 0.3) is 5.91 Å². The number of allylic oxidation sites excluding steroid dienone is 1. The molecule has 5 nitrogen and oxygen atoms in total. The summed E-state index contributed by atoms with van der Waals surface area (Å²) in [6.45, 7) is 7.76. The van der Waals surface area contributed by atoms with Crippen LogP contribution in [-0.2, 0) is 11.3 Å². The van der Waals surface area contributed by atoms with Gasteiger partial charge in [-0.1, -0.05) is 17.2 Å². The molecule has 24 heavy (non-hydrogen) atoms. The lowest BCUT2D eigenvalue weighted by molar-refractivity contribution is -0.124. The van der Waals surface area contributed by atoms with Crippen LogP contribution in [0.4, 0.5) is 10.5 Å². The van der Waals surface area contributed by atoms with E-state index in [1.807, 2.05) is 39.0 Å². The van der Waals surface area contributed by atoms with Gasteiger partial charge in [-0.15, -0.1) is 0 Å². The topological polar surface area (TPSA) is 53.5 Å². The molecular formula is C19H21N3O2. The van der Waals surface area contributed by atoms with Gasteiger partial charge in [0.05, 0.1) is 17.7 Å². The molecule has 0 spiro atoms. The van der Waals surface area contributed by atoms with Crippen LogP contribution < -0.4 is 4.90 Å². The van der Waals surface area contributed by atoms with Crippen LogP contribution in [0.15, 0.2) is 35.5 Å². The number of anilines is 1. The Hall–Kier alpha value is -2.69. The monoisotopic (exact) mass is 323 g/mol. The van der Waals surface area contributed by atoms with Gasteiger partial charge in [-0.3, -0.25) is 19.6 Å². The van der Waals surface area contributed by atoms with Crippen molar-refractivity contribution in [3.63, 3.8) is 0 Å². The third-order valence-corrected chi connectivity index (χ3v) is 4.57. The molecule has 2 heterocycles. The molecular weight excluding hydrogens is 302 g/mol. The Balaban J connectivity index is 2.13. The standard InChI is InChI=1S/C19H21N3O2/c1-11(2)13(4)18(23)22-10-14-9-20-16-7-6-12(3)8-15(16)17(14)21(5)19(22)24/h6-9H,10H2,1-5H3. The molecule has 0 atom stereocenters. The van der Waals surface area contributed by atoms with Gasteiger partial charge in [0.2, 0.25) is 0 Å². The normalized spacial score (nSPS) is 14.0. The van der Waals surface area contributed by atoms with Crippen molar-refractivity contribution in [1.82, 2.24) is 9.88 Å². The maximum Gasteiger partial charge on any atom is 0.331 e. The highest BCUT2D eigenvalue weighted by Crippen LogP contribution is 2.34. The quantitative estimate of drug-likeness (QED) is 0.750. The molecule has 0 fully saturated rings. The lowest BCUT2D eigenvalue weighted by Crippen LogP contribution is -2.48. The maximum absolute atomic E-state index is 12.8. The maximum atomic E-state index is 12.8. The molecule has 3 amide bonds. The molecule has 2 aromatic rings. The summed E-state index contributed by atoms with van der Waals surface area (Å²) < 4.78 is 0. The molecule has 0 aliphatic carbocycles. The number of rotatable bonds is 1. The van der Waals surface area contributed by atoms with Crippen LogP contribution in [0, 0.1) is 6.92 Å². The molecule has 124 valence electrons. The molecule has 0 unspecified atom stereocenters. The number of carbonyl (C=O) groups is 2. The summed E-state index contributed by atoms with van der Waals surface area (Å²) in [5.74, 6) is -0.248. The van der Waals surface area contributed by atoms with Crippen LogP contribution in [0.2, 0.25) is 0 Å². The number of aryl methyl sites for hydroxylation is 1. The predicted molar refractivity (Wildman–Crippen MR) is 94.9 cm³/mol. The van der Waals surface area contributed by atoms with E-state index < -0.39 is 0 Å². The van der Waals surface area contributed by atoms with Gasteiger partial charge < -0.3 is 0 Å². The zero-order valence-corrected chi connectivity index (χ0v) is 14.7. The van der Waals surface area contributed by atoms with Crippen molar-refractivity contribution in [2.45, 2.75) is 34.2 Å². The molecule has 0 N–H and O–H groups in total. The summed E-state index contributed by atoms with van der Waals surface area (Å²) in [7, 11) is 1.71. The van der Waals surface area contributed by atoms with Crippen LogP contribution in [0.5, 0.6) is 0 Å². The molecule has 1 aromatic heterocycles. The minimum atomic E-state index is -0.304. The average Bonchev–Trinajstić information content (AvgIpc) is 2.55. The van der Waals surface area contributed by atoms with Crippen LogP contribution in [0.3, 0.4) is 0 Å². The van der Waals surface area contributed by atoms with E-state index in [4.69, 9.17) is 0 Å². The number of urea groups is 1. The highest BCUT2D eigenvalue weighted by atomic mass is 16.2. The molecule has 0 saturated carbocycles. The van der Waals surface area contributed by atoms with Crippen molar-refractivity contribution < 1.29 is 9.59 Å². The number of hydrogen-bond donors (Lipinski definition) is 0. The van der Waals surface area contributed by atoms with Crippen molar-refractivity contribution >= 4 is 28.5 Å². The SMILES string of the molecule is CC(C)=C(C)C(=O)N1Cc2cnc3ccc(C)cc3c2N(C)C1=O. The van der Waals surface area contributed by atoms with Gasteiger partial charge in [-0.25, -0.2) is 4.79 Å². The third kappa shape index (κ3) is 2.46. The second-order valence-electron chi connectivity index (χ2n) is 6.51. The first-order chi connectivity index (χ1) is 11.3. The van der Waals surface area contributed by atoms with Crippen molar-refractivity contribution in [3.05, 3.63) is 46.7 Å². The van der Waals surface area contributed by atoms with Crippen molar-refractivity contribution in [2.75, 3.05) is 11.9 Å². The number of fused-ring (bicyclic) bond motifs is 3. The fraction of sp³-hybridized carbons (Fsp3) is 0.316. The molecule has 5 heteroatoms. The van der Waals surface area contributed by atoms with Gasteiger partial charge in [0.15, 0.2) is 0 Å². The van der Waals surface area contributed by atoms with E-state index >= 15 is 0 Å². The summed E-state index contributed by atoms with van der Waals surface area (Å²) in [6.07, 6.45) is 1.76. The lowest BCUT2D eigenvalue weighted by Gasteiger charge is -2.34. The summed E-state index contributed by atoms with van der Waals surface area (Å²) in [4.78, 5) is 32.7.